The molecule has 0 heterocycles. The summed E-state index contributed by atoms with van der Waals surface area (Å²) >= 11 is 0. The summed E-state index contributed by atoms with van der Waals surface area (Å²) in [5.74, 6) is -3.15. The van der Waals surface area contributed by atoms with Crippen LogP contribution in [-0.4, -0.2) is 112 Å². The zero-order valence-electron chi connectivity index (χ0n) is 39.2. The van der Waals surface area contributed by atoms with Crippen molar-refractivity contribution in [2.24, 2.45) is 35.0 Å². The number of ketones is 2. The third-order valence-corrected chi connectivity index (χ3v) is 14.9. The van der Waals surface area contributed by atoms with Crippen molar-refractivity contribution < 1.29 is 36.0 Å². The number of nitrogens with one attached hydrogen (secondary N) is 2. The standard InChI is InChI=1S/C49H75N7O8S2/c1-38(2)29-44(23-13-15-25-50)49(60)53-45(24-14-16-26-51)35-56(66(63,64)37-42-21-11-6-12-22-42)36-48(59)54-46(31-41-19-9-5-10-20-41)47(58)32-43(30-40-17-7-4-8-18-40)34-55(33-39(3)57)65(61,62)28-27-52/h4-12,17-22,38,43-46H,13-16,23-37,50-52H2,1-3H3,(H,53,60)(H,54,59). The van der Waals surface area contributed by atoms with E-state index in [1.165, 1.54) is 6.92 Å². The van der Waals surface area contributed by atoms with Gasteiger partial charge in [0.05, 0.1) is 30.6 Å². The van der Waals surface area contributed by atoms with Crippen LogP contribution in [0.1, 0.15) is 88.8 Å². The van der Waals surface area contributed by atoms with Crippen molar-refractivity contribution in [3.63, 3.8) is 0 Å². The van der Waals surface area contributed by atoms with Gasteiger partial charge in [-0.25, -0.2) is 16.8 Å². The maximum absolute atomic E-state index is 14.6. The van der Waals surface area contributed by atoms with Crippen LogP contribution in [0.25, 0.3) is 0 Å². The number of unbranched alkanes of at least 4 members (excludes halogenated alkanes) is 2. The van der Waals surface area contributed by atoms with Crippen LogP contribution in [-0.2, 0) is 57.8 Å². The van der Waals surface area contributed by atoms with Crippen molar-refractivity contribution in [3.8, 4) is 0 Å². The number of nitrogens with zero attached hydrogens (tertiary/aromatic N) is 2. The molecule has 3 rings (SSSR count). The number of benzene rings is 3. The highest BCUT2D eigenvalue weighted by Gasteiger charge is 2.33. The predicted molar refractivity (Wildman–Crippen MR) is 262 cm³/mol. The lowest BCUT2D eigenvalue weighted by Gasteiger charge is -2.30. The number of carbonyl (C=O) groups is 4. The first kappa shape index (κ1) is 56.0. The summed E-state index contributed by atoms with van der Waals surface area (Å²) in [7, 11) is -8.16. The van der Waals surface area contributed by atoms with E-state index in [0.29, 0.717) is 57.2 Å². The second-order valence-corrected chi connectivity index (χ2v) is 21.8. The van der Waals surface area contributed by atoms with E-state index in [-0.39, 0.29) is 68.3 Å². The molecule has 3 aromatic carbocycles. The Balaban J connectivity index is 2.02. The maximum atomic E-state index is 14.6. The van der Waals surface area contributed by atoms with Gasteiger partial charge in [-0.2, -0.15) is 8.61 Å². The highest BCUT2D eigenvalue weighted by Crippen LogP contribution is 2.22. The van der Waals surface area contributed by atoms with Gasteiger partial charge < -0.3 is 27.8 Å². The van der Waals surface area contributed by atoms with E-state index in [0.717, 1.165) is 32.6 Å². The molecule has 66 heavy (non-hydrogen) atoms. The number of nitrogens with two attached hydrogens (primary N) is 3. The van der Waals surface area contributed by atoms with Crippen LogP contribution in [0.2, 0.25) is 0 Å². The topological polar surface area (TPSA) is 245 Å². The average molecular weight is 954 g/mol. The molecule has 366 valence electrons. The van der Waals surface area contributed by atoms with Crippen LogP contribution in [0.3, 0.4) is 0 Å². The normalized spacial score (nSPS) is 13.9. The second kappa shape index (κ2) is 29.4. The third-order valence-electron chi connectivity index (χ3n) is 11.3. The predicted octanol–water partition coefficient (Wildman–Crippen LogP) is 3.95. The quantitative estimate of drug-likeness (QED) is 0.0537. The molecule has 3 aromatic rings. The summed E-state index contributed by atoms with van der Waals surface area (Å²) in [6.45, 7) is 4.79. The lowest BCUT2D eigenvalue weighted by molar-refractivity contribution is -0.128. The zero-order valence-corrected chi connectivity index (χ0v) is 40.8. The van der Waals surface area contributed by atoms with Gasteiger partial charge in [0, 0.05) is 38.0 Å². The zero-order chi connectivity index (χ0) is 48.5. The molecule has 0 aliphatic carbocycles. The smallest absolute Gasteiger partial charge is 0.235 e. The number of rotatable bonds is 34. The van der Waals surface area contributed by atoms with Crippen LogP contribution in [0.15, 0.2) is 91.0 Å². The minimum absolute atomic E-state index is 0.0715. The molecule has 4 unspecified atom stereocenters. The molecule has 0 aliphatic rings. The van der Waals surface area contributed by atoms with Crippen molar-refractivity contribution in [2.45, 2.75) is 103 Å². The molecule has 0 fully saturated rings. The van der Waals surface area contributed by atoms with Gasteiger partial charge in [-0.05, 0) is 93.5 Å². The summed E-state index contributed by atoms with van der Waals surface area (Å²) in [6, 6.07) is 25.1. The van der Waals surface area contributed by atoms with E-state index in [4.69, 9.17) is 17.2 Å². The molecule has 17 heteroatoms. The highest BCUT2D eigenvalue weighted by atomic mass is 32.2. The lowest BCUT2D eigenvalue weighted by Crippen LogP contribution is -2.52. The average Bonchev–Trinajstić information content (AvgIpc) is 3.26. The Morgan fingerprint density at radius 2 is 1.15 bits per heavy atom. The summed E-state index contributed by atoms with van der Waals surface area (Å²) < 4.78 is 57.8. The fraction of sp³-hybridized carbons (Fsp3) is 0.551. The summed E-state index contributed by atoms with van der Waals surface area (Å²) in [6.07, 6.45) is 4.69. The van der Waals surface area contributed by atoms with Gasteiger partial charge in [0.15, 0.2) is 5.78 Å². The Morgan fingerprint density at radius 3 is 1.68 bits per heavy atom. The van der Waals surface area contributed by atoms with Crippen molar-refractivity contribution in [3.05, 3.63) is 108 Å². The SMILES string of the molecule is CC(=O)CN(CC(CC(=O)C(Cc1ccccc1)NC(=O)CN(CC(CCCCN)NC(=O)C(CCCCN)CC(C)C)S(=O)(=O)Cc1ccccc1)Cc1ccccc1)S(=O)(=O)CCN. The Kier molecular flexibility index (Phi) is 24.9. The number of amides is 2. The van der Waals surface area contributed by atoms with Gasteiger partial charge >= 0.3 is 0 Å². The molecule has 2 amide bonds. The highest BCUT2D eigenvalue weighted by molar-refractivity contribution is 7.89. The largest absolute Gasteiger partial charge is 0.352 e. The fourth-order valence-electron chi connectivity index (χ4n) is 8.08. The van der Waals surface area contributed by atoms with Crippen LogP contribution in [0.5, 0.6) is 0 Å². The summed E-state index contributed by atoms with van der Waals surface area (Å²) in [5, 5.41) is 6.01. The molecule has 15 nitrogen and oxygen atoms in total. The second-order valence-electron chi connectivity index (χ2n) is 17.8. The minimum atomic E-state index is -4.20. The molecule has 0 bridgehead atoms. The van der Waals surface area contributed by atoms with E-state index >= 15 is 0 Å². The molecular weight excluding hydrogens is 879 g/mol. The van der Waals surface area contributed by atoms with E-state index in [1.807, 2.05) is 48.5 Å². The van der Waals surface area contributed by atoms with Gasteiger partial charge in [0.1, 0.15) is 5.78 Å². The molecule has 8 N–H and O–H groups in total. The maximum Gasteiger partial charge on any atom is 0.235 e. The van der Waals surface area contributed by atoms with Crippen LogP contribution >= 0.6 is 0 Å². The lowest BCUT2D eigenvalue weighted by atomic mass is 9.90. The Morgan fingerprint density at radius 1 is 0.621 bits per heavy atom. The van der Waals surface area contributed by atoms with Crippen molar-refractivity contribution in [1.82, 2.24) is 19.2 Å². The number of sulfonamides is 2. The first-order chi connectivity index (χ1) is 31.5. The number of Topliss-reactive ketones (excluding diaryl/α,β-unsaturated/α-hetero) is 2. The van der Waals surface area contributed by atoms with E-state index in [9.17, 15) is 36.0 Å². The molecule has 0 radical (unpaired) electrons. The number of hydrogen-bond donors (Lipinski definition) is 5. The molecule has 0 spiro atoms. The summed E-state index contributed by atoms with van der Waals surface area (Å²) in [5.41, 5.74) is 19.3. The van der Waals surface area contributed by atoms with Crippen molar-refractivity contribution >= 4 is 43.4 Å². The van der Waals surface area contributed by atoms with Crippen LogP contribution in [0.4, 0.5) is 0 Å². The van der Waals surface area contributed by atoms with Gasteiger partial charge in [0.2, 0.25) is 31.9 Å². The van der Waals surface area contributed by atoms with Gasteiger partial charge in [0.25, 0.3) is 0 Å². The van der Waals surface area contributed by atoms with Gasteiger partial charge in [-0.1, -0.05) is 118 Å². The number of carbonyl (C=O) groups excluding carboxylic acids is 4. The van der Waals surface area contributed by atoms with E-state index < -0.39 is 62.0 Å². The summed E-state index contributed by atoms with van der Waals surface area (Å²) in [4.78, 5) is 55.2. The van der Waals surface area contributed by atoms with Crippen LogP contribution < -0.4 is 27.8 Å². The van der Waals surface area contributed by atoms with Gasteiger partial charge in [-0.15, -0.1) is 0 Å². The molecule has 0 aromatic heterocycles. The molecule has 0 aliphatic heterocycles. The van der Waals surface area contributed by atoms with Crippen molar-refractivity contribution in [1.29, 1.82) is 0 Å². The Labute approximate surface area is 394 Å². The molecule has 0 saturated carbocycles. The molecular formula is C49H75N7O8S2. The minimum Gasteiger partial charge on any atom is -0.352 e. The Hall–Kier alpha value is -4.36. The molecule has 0 saturated heterocycles. The monoisotopic (exact) mass is 954 g/mol. The number of hydrogen-bond acceptors (Lipinski definition) is 11. The first-order valence-corrected chi connectivity index (χ1v) is 26.5. The van der Waals surface area contributed by atoms with Crippen molar-refractivity contribution in [2.75, 3.05) is 51.6 Å². The fourth-order valence-corrected chi connectivity index (χ4v) is 11.0. The van der Waals surface area contributed by atoms with E-state index in [2.05, 4.69) is 24.5 Å². The van der Waals surface area contributed by atoms with Gasteiger partial charge in [-0.3, -0.25) is 19.2 Å². The third kappa shape index (κ3) is 21.1. The first-order valence-electron chi connectivity index (χ1n) is 23.3. The van der Waals surface area contributed by atoms with E-state index in [1.54, 1.807) is 42.5 Å². The Bertz CT molecular complexity index is 2130. The molecule has 4 atom stereocenters. The van der Waals surface area contributed by atoms with Crippen LogP contribution in [0, 0.1) is 17.8 Å².